The Morgan fingerprint density at radius 1 is 1.26 bits per heavy atom. The van der Waals surface area contributed by atoms with Crippen molar-refractivity contribution < 1.29 is 4.79 Å². The van der Waals surface area contributed by atoms with Crippen LogP contribution in [0.1, 0.15) is 63.7 Å². The average molecular weight is 336 g/mol. The standard InChI is InChI=1S/C18H29N3OS/c1-13-12-15(13)6-5-7-17(22)14-8-10-16(11-9-14)21-23(19,20)18(2,3)4/h8-11,13,15H,5-7,12H2,1-4H3,(H3,19,20,21). The zero-order chi connectivity index (χ0) is 17.3. The van der Waals surface area contributed by atoms with Crippen molar-refractivity contribution in [2.45, 2.75) is 58.1 Å². The lowest BCUT2D eigenvalue weighted by molar-refractivity contribution is 0.0978. The monoisotopic (exact) mass is 335 g/mol. The van der Waals surface area contributed by atoms with Gasteiger partial charge < -0.3 is 4.72 Å². The van der Waals surface area contributed by atoms with E-state index < -0.39 is 14.6 Å². The third-order valence-corrected chi connectivity index (χ3v) is 7.03. The van der Waals surface area contributed by atoms with Crippen LogP contribution < -0.4 is 4.72 Å². The number of nitrogens with one attached hydrogen (secondary N) is 3. The molecule has 0 saturated heterocycles. The molecule has 4 nitrogen and oxygen atoms in total. The Balaban J connectivity index is 1.90. The van der Waals surface area contributed by atoms with Crippen LogP contribution in [0, 0.1) is 21.4 Å². The van der Waals surface area contributed by atoms with Crippen molar-refractivity contribution in [1.29, 1.82) is 9.56 Å². The molecular weight excluding hydrogens is 306 g/mol. The molecule has 2 unspecified atom stereocenters. The van der Waals surface area contributed by atoms with Gasteiger partial charge in [-0.1, -0.05) is 6.92 Å². The summed E-state index contributed by atoms with van der Waals surface area (Å²) in [5.74, 6) is 1.89. The summed E-state index contributed by atoms with van der Waals surface area (Å²) in [5.41, 5.74) is 1.47. The van der Waals surface area contributed by atoms with Gasteiger partial charge in [0, 0.05) is 32.2 Å². The van der Waals surface area contributed by atoms with Gasteiger partial charge in [-0.25, -0.2) is 0 Å². The molecule has 0 amide bonds. The largest absolute Gasteiger partial charge is 0.315 e. The number of carbonyl (C=O) groups is 1. The van der Waals surface area contributed by atoms with E-state index >= 15 is 0 Å². The van der Waals surface area contributed by atoms with Gasteiger partial charge in [0.15, 0.2) is 5.78 Å². The number of carbonyl (C=O) groups excluding carboxylic acids is 1. The molecule has 0 aromatic heterocycles. The molecule has 1 aromatic carbocycles. The summed E-state index contributed by atoms with van der Waals surface area (Å²) >= 11 is 0. The lowest BCUT2D eigenvalue weighted by Gasteiger charge is -2.27. The Morgan fingerprint density at radius 3 is 2.30 bits per heavy atom. The summed E-state index contributed by atoms with van der Waals surface area (Å²) in [7, 11) is -2.44. The fourth-order valence-corrected chi connectivity index (χ4v) is 3.32. The molecule has 5 heteroatoms. The quantitative estimate of drug-likeness (QED) is 0.575. The summed E-state index contributed by atoms with van der Waals surface area (Å²) in [6.07, 6.45) is 4.09. The van der Waals surface area contributed by atoms with Crippen molar-refractivity contribution in [2.24, 2.45) is 11.8 Å². The molecule has 0 radical (unpaired) electrons. The summed E-state index contributed by atoms with van der Waals surface area (Å²) < 4.78 is 18.9. The van der Waals surface area contributed by atoms with E-state index in [9.17, 15) is 4.79 Å². The highest BCUT2D eigenvalue weighted by molar-refractivity contribution is 7.96. The Labute approximate surface area is 140 Å². The zero-order valence-electron chi connectivity index (χ0n) is 14.6. The Morgan fingerprint density at radius 2 is 1.83 bits per heavy atom. The fourth-order valence-electron chi connectivity index (χ4n) is 2.52. The van der Waals surface area contributed by atoms with Crippen molar-refractivity contribution >= 4 is 21.3 Å². The summed E-state index contributed by atoms with van der Waals surface area (Å²) in [5, 5.41) is 0. The van der Waals surface area contributed by atoms with Crippen LogP contribution in [0.4, 0.5) is 5.69 Å². The topological polar surface area (TPSA) is 76.8 Å². The van der Waals surface area contributed by atoms with E-state index in [0.717, 1.165) is 29.5 Å². The van der Waals surface area contributed by atoms with Gasteiger partial charge >= 0.3 is 0 Å². The van der Waals surface area contributed by atoms with Crippen LogP contribution in [0.5, 0.6) is 0 Å². The molecule has 2 atom stereocenters. The van der Waals surface area contributed by atoms with E-state index in [-0.39, 0.29) is 5.78 Å². The highest BCUT2D eigenvalue weighted by atomic mass is 32.2. The summed E-state index contributed by atoms with van der Waals surface area (Å²) in [4.78, 5) is 12.2. The molecular formula is C18H29N3OS. The van der Waals surface area contributed by atoms with Crippen molar-refractivity contribution in [2.75, 3.05) is 4.72 Å². The van der Waals surface area contributed by atoms with Crippen LogP contribution >= 0.6 is 0 Å². The van der Waals surface area contributed by atoms with Crippen LogP contribution in [0.2, 0.25) is 0 Å². The lowest BCUT2D eigenvalue weighted by Crippen LogP contribution is -2.31. The minimum atomic E-state index is -2.44. The maximum Gasteiger partial charge on any atom is 0.162 e. The SMILES string of the molecule is CC1CC1CCCC(=O)c1ccc(NS(=N)(=N)C(C)(C)C)cc1. The number of benzene rings is 1. The fraction of sp³-hybridized carbons (Fsp3) is 0.611. The molecule has 1 fully saturated rings. The van der Waals surface area contributed by atoms with Gasteiger partial charge in [-0.3, -0.25) is 14.4 Å². The highest BCUT2D eigenvalue weighted by Gasteiger charge is 2.31. The Kier molecular flexibility index (Phi) is 5.19. The number of hydrogen-bond acceptors (Lipinski definition) is 3. The van der Waals surface area contributed by atoms with Crippen LogP contribution in [0.3, 0.4) is 0 Å². The van der Waals surface area contributed by atoms with Gasteiger partial charge in [-0.2, -0.15) is 0 Å². The van der Waals surface area contributed by atoms with Crippen LogP contribution in [0.15, 0.2) is 24.3 Å². The molecule has 0 aliphatic heterocycles. The first kappa shape index (κ1) is 18.0. The van der Waals surface area contributed by atoms with E-state index in [1.807, 2.05) is 45.0 Å². The van der Waals surface area contributed by atoms with Gasteiger partial charge in [0.25, 0.3) is 0 Å². The second kappa shape index (κ2) is 6.63. The van der Waals surface area contributed by atoms with Crippen LogP contribution in [-0.4, -0.2) is 10.5 Å². The van der Waals surface area contributed by atoms with Gasteiger partial charge in [-0.15, -0.1) is 0 Å². The van der Waals surface area contributed by atoms with Gasteiger partial charge in [0.2, 0.25) is 0 Å². The lowest BCUT2D eigenvalue weighted by atomic mass is 10.0. The van der Waals surface area contributed by atoms with Gasteiger partial charge in [0.05, 0.1) is 0 Å². The van der Waals surface area contributed by atoms with Crippen molar-refractivity contribution in [3.8, 4) is 0 Å². The maximum absolute atomic E-state index is 12.2. The number of Topliss-reactive ketones (excluding diaryl/α,β-unsaturated/α-hetero) is 1. The summed E-state index contributed by atoms with van der Waals surface area (Å²) in [6, 6.07) is 7.24. The van der Waals surface area contributed by atoms with Crippen molar-refractivity contribution in [3.63, 3.8) is 0 Å². The molecule has 0 heterocycles. The molecule has 1 aliphatic rings. The second-order valence-electron chi connectivity index (χ2n) is 7.69. The first-order valence-corrected chi connectivity index (χ1v) is 9.96. The zero-order valence-corrected chi connectivity index (χ0v) is 15.4. The molecule has 0 bridgehead atoms. The summed E-state index contributed by atoms with van der Waals surface area (Å²) in [6.45, 7) is 7.96. The number of ketones is 1. The van der Waals surface area contributed by atoms with Gasteiger partial charge in [0.1, 0.15) is 0 Å². The second-order valence-corrected chi connectivity index (χ2v) is 10.3. The molecule has 2 rings (SSSR count). The number of rotatable bonds is 7. The number of anilines is 1. The molecule has 0 spiro atoms. The van der Waals surface area contributed by atoms with E-state index in [4.69, 9.17) is 9.56 Å². The third kappa shape index (κ3) is 4.80. The van der Waals surface area contributed by atoms with Crippen molar-refractivity contribution in [3.05, 3.63) is 29.8 Å². The molecule has 1 aliphatic carbocycles. The van der Waals surface area contributed by atoms with Crippen molar-refractivity contribution in [1.82, 2.24) is 0 Å². The highest BCUT2D eigenvalue weighted by Crippen LogP contribution is 2.41. The van der Waals surface area contributed by atoms with E-state index in [1.54, 1.807) is 0 Å². The Hall–Kier alpha value is -1.36. The third-order valence-electron chi connectivity index (χ3n) is 4.65. The predicted octanol–water partition coefficient (Wildman–Crippen LogP) is 5.50. The first-order valence-electron chi connectivity index (χ1n) is 8.33. The van der Waals surface area contributed by atoms with Crippen LogP contribution in [0.25, 0.3) is 0 Å². The predicted molar refractivity (Wildman–Crippen MR) is 98.1 cm³/mol. The first-order chi connectivity index (χ1) is 10.6. The minimum absolute atomic E-state index is 0.191. The van der Waals surface area contributed by atoms with Gasteiger partial charge in [-0.05, 0) is 76.1 Å². The molecule has 1 aromatic rings. The smallest absolute Gasteiger partial charge is 0.162 e. The van der Waals surface area contributed by atoms with Crippen LogP contribution in [-0.2, 0) is 9.81 Å². The molecule has 23 heavy (non-hydrogen) atoms. The molecule has 128 valence electrons. The minimum Gasteiger partial charge on any atom is -0.315 e. The number of hydrogen-bond donors (Lipinski definition) is 3. The van der Waals surface area contributed by atoms with E-state index in [2.05, 4.69) is 11.6 Å². The molecule has 3 N–H and O–H groups in total. The maximum atomic E-state index is 12.2. The average Bonchev–Trinajstić information content (AvgIpc) is 3.13. The normalized spacial score (nSPS) is 21.0. The van der Waals surface area contributed by atoms with E-state index in [1.165, 1.54) is 12.8 Å². The molecule has 1 saturated carbocycles. The Bertz CT molecular complexity index is 657. The van der Waals surface area contributed by atoms with E-state index in [0.29, 0.717) is 6.42 Å².